The average molecular weight is 516 g/mol. The van der Waals surface area contributed by atoms with Crippen LogP contribution in [0.25, 0.3) is 27.4 Å². The van der Waals surface area contributed by atoms with Gasteiger partial charge in [-0.1, -0.05) is 23.8 Å². The Balaban J connectivity index is 1.27. The van der Waals surface area contributed by atoms with Crippen molar-refractivity contribution in [2.75, 3.05) is 57.4 Å². The molecule has 9 heteroatoms. The van der Waals surface area contributed by atoms with Crippen molar-refractivity contribution in [1.29, 1.82) is 0 Å². The third kappa shape index (κ3) is 4.33. The highest BCUT2D eigenvalue weighted by atomic mass is 32.1. The number of fused-ring (bicyclic) bond motifs is 2. The number of hydrogen-bond acceptors (Lipinski definition) is 8. The molecule has 0 amide bonds. The van der Waals surface area contributed by atoms with Gasteiger partial charge in [-0.05, 0) is 56.5 Å². The van der Waals surface area contributed by atoms with Crippen molar-refractivity contribution in [3.8, 4) is 17.2 Å². The number of rotatable bonds is 5. The average Bonchev–Trinajstić information content (AvgIpc) is 3.69. The second-order valence-electron chi connectivity index (χ2n) is 10.7. The van der Waals surface area contributed by atoms with Gasteiger partial charge in [0, 0.05) is 49.4 Å². The van der Waals surface area contributed by atoms with E-state index in [1.165, 1.54) is 33.8 Å². The zero-order chi connectivity index (χ0) is 24.9. The van der Waals surface area contributed by atoms with Gasteiger partial charge in [-0.3, -0.25) is 4.90 Å². The summed E-state index contributed by atoms with van der Waals surface area (Å²) in [7, 11) is 0. The van der Waals surface area contributed by atoms with Crippen LogP contribution < -0.4 is 10.2 Å². The minimum absolute atomic E-state index is 0.627. The molecule has 1 aromatic carbocycles. The number of thiophene rings is 1. The van der Waals surface area contributed by atoms with Crippen LogP contribution in [0, 0.1) is 25.7 Å². The maximum atomic E-state index is 5.65. The summed E-state index contributed by atoms with van der Waals surface area (Å²) in [6.07, 6.45) is 1.97. The Hall–Kier alpha value is -2.85. The molecule has 8 nitrogen and oxygen atoms in total. The van der Waals surface area contributed by atoms with E-state index in [0.717, 1.165) is 80.4 Å². The molecule has 2 unspecified atom stereocenters. The minimum atomic E-state index is 0.627. The van der Waals surface area contributed by atoms with Gasteiger partial charge >= 0.3 is 0 Å². The molecular formula is C28H33N7OS. The van der Waals surface area contributed by atoms with Crippen LogP contribution in [0.15, 0.2) is 36.5 Å². The predicted octanol–water partition coefficient (Wildman–Crippen LogP) is 3.65. The number of aryl methyl sites for hydroxylation is 2. The highest BCUT2D eigenvalue weighted by Gasteiger charge is 2.36. The van der Waals surface area contributed by atoms with E-state index >= 15 is 0 Å². The van der Waals surface area contributed by atoms with E-state index in [9.17, 15) is 0 Å². The van der Waals surface area contributed by atoms with Gasteiger partial charge in [0.2, 0.25) is 0 Å². The topological polar surface area (TPSA) is 71.3 Å². The van der Waals surface area contributed by atoms with Gasteiger partial charge in [0.1, 0.15) is 0 Å². The molecule has 3 fully saturated rings. The third-order valence-electron chi connectivity index (χ3n) is 8.09. The van der Waals surface area contributed by atoms with Crippen LogP contribution in [0.5, 0.6) is 0 Å². The number of aromatic nitrogens is 4. The summed E-state index contributed by atoms with van der Waals surface area (Å²) in [5.74, 6) is 3.24. The first kappa shape index (κ1) is 23.3. The Kier molecular flexibility index (Phi) is 5.96. The molecule has 37 heavy (non-hydrogen) atoms. The molecule has 0 saturated carbocycles. The Morgan fingerprint density at radius 2 is 1.86 bits per heavy atom. The van der Waals surface area contributed by atoms with E-state index in [4.69, 9.17) is 19.8 Å². The number of nitrogens with zero attached hydrogens (tertiary/aromatic N) is 6. The Bertz CT molecular complexity index is 1430. The minimum Gasteiger partial charge on any atom is -0.378 e. The van der Waals surface area contributed by atoms with Gasteiger partial charge in [-0.25, -0.2) is 9.67 Å². The molecule has 0 radical (unpaired) electrons. The molecule has 0 bridgehead atoms. The molecule has 6 heterocycles. The number of morpholine rings is 1. The summed E-state index contributed by atoms with van der Waals surface area (Å²) >= 11 is 1.87. The van der Waals surface area contributed by atoms with E-state index in [0.29, 0.717) is 5.95 Å². The van der Waals surface area contributed by atoms with E-state index in [2.05, 4.69) is 53.2 Å². The third-order valence-corrected chi connectivity index (χ3v) is 9.35. The summed E-state index contributed by atoms with van der Waals surface area (Å²) in [6, 6.07) is 10.5. The van der Waals surface area contributed by atoms with Gasteiger partial charge < -0.3 is 15.0 Å². The van der Waals surface area contributed by atoms with Gasteiger partial charge in [0.25, 0.3) is 5.95 Å². The zero-order valence-corrected chi connectivity index (χ0v) is 22.3. The second kappa shape index (κ2) is 9.47. The van der Waals surface area contributed by atoms with Crippen molar-refractivity contribution >= 4 is 27.4 Å². The molecule has 3 aromatic heterocycles. The van der Waals surface area contributed by atoms with E-state index in [1.807, 2.05) is 28.3 Å². The van der Waals surface area contributed by atoms with Crippen LogP contribution in [0.2, 0.25) is 0 Å². The number of nitrogens with one attached hydrogen (secondary N) is 1. The first-order valence-corrected chi connectivity index (χ1v) is 14.1. The lowest BCUT2D eigenvalue weighted by Crippen LogP contribution is -2.37. The van der Waals surface area contributed by atoms with Gasteiger partial charge in [-0.15, -0.1) is 11.3 Å². The van der Waals surface area contributed by atoms with E-state index in [1.54, 1.807) is 0 Å². The highest BCUT2D eigenvalue weighted by molar-refractivity contribution is 7.19. The molecule has 192 valence electrons. The fourth-order valence-corrected chi connectivity index (χ4v) is 7.33. The molecule has 4 aromatic rings. The maximum absolute atomic E-state index is 5.65. The van der Waals surface area contributed by atoms with Gasteiger partial charge in [-0.2, -0.15) is 10.1 Å². The molecule has 0 aliphatic carbocycles. The number of benzene rings is 1. The van der Waals surface area contributed by atoms with Crippen LogP contribution >= 0.6 is 11.3 Å². The standard InChI is InChI=1S/C28H33N7OS/c1-18-4-3-5-20(12-18)23-6-7-35(32-23)28-30-25-19(2)24(17-33-15-21-13-29-14-22(21)16-33)37-26(25)27(31-28)34-8-10-36-11-9-34/h3-7,12,21-22,29H,8-11,13-17H2,1-2H3. The van der Waals surface area contributed by atoms with Gasteiger partial charge in [0.15, 0.2) is 5.82 Å². The van der Waals surface area contributed by atoms with Crippen molar-refractivity contribution in [3.05, 3.63) is 52.5 Å². The maximum Gasteiger partial charge on any atom is 0.253 e. The summed E-state index contributed by atoms with van der Waals surface area (Å²) in [6.45, 7) is 13.2. The molecule has 7 rings (SSSR count). The van der Waals surface area contributed by atoms with Crippen molar-refractivity contribution in [2.24, 2.45) is 11.8 Å². The van der Waals surface area contributed by atoms with E-state index in [-0.39, 0.29) is 0 Å². The second-order valence-corrected chi connectivity index (χ2v) is 11.8. The number of ether oxygens (including phenoxy) is 1. The summed E-state index contributed by atoms with van der Waals surface area (Å²) in [5.41, 5.74) is 5.59. The molecule has 3 saturated heterocycles. The van der Waals surface area contributed by atoms with Crippen molar-refractivity contribution in [2.45, 2.75) is 20.4 Å². The SMILES string of the molecule is Cc1cccc(-c2ccn(-c3nc(N4CCOCC4)c4sc(CN5CC6CNCC6C5)c(C)c4n3)n2)c1. The predicted molar refractivity (Wildman–Crippen MR) is 148 cm³/mol. The summed E-state index contributed by atoms with van der Waals surface area (Å²) in [4.78, 5) is 16.6. The van der Waals surface area contributed by atoms with Crippen LogP contribution in [0.1, 0.15) is 16.0 Å². The Morgan fingerprint density at radius 1 is 1.05 bits per heavy atom. The normalized spacial score (nSPS) is 22.3. The first-order valence-electron chi connectivity index (χ1n) is 13.3. The monoisotopic (exact) mass is 515 g/mol. The van der Waals surface area contributed by atoms with Crippen molar-refractivity contribution < 1.29 is 4.74 Å². The Labute approximate surface area is 221 Å². The number of anilines is 1. The van der Waals surface area contributed by atoms with Crippen molar-refractivity contribution in [3.63, 3.8) is 0 Å². The largest absolute Gasteiger partial charge is 0.378 e. The number of hydrogen-bond donors (Lipinski definition) is 1. The van der Waals surface area contributed by atoms with Crippen LogP contribution in [0.4, 0.5) is 5.82 Å². The molecular weight excluding hydrogens is 482 g/mol. The summed E-state index contributed by atoms with van der Waals surface area (Å²) < 4.78 is 8.66. The van der Waals surface area contributed by atoms with Crippen LogP contribution in [-0.4, -0.2) is 77.1 Å². The quantitative estimate of drug-likeness (QED) is 0.435. The number of likely N-dealkylation sites (tertiary alicyclic amines) is 1. The van der Waals surface area contributed by atoms with E-state index < -0.39 is 0 Å². The van der Waals surface area contributed by atoms with Crippen molar-refractivity contribution in [1.82, 2.24) is 30.0 Å². The highest BCUT2D eigenvalue weighted by Crippen LogP contribution is 2.38. The lowest BCUT2D eigenvalue weighted by Gasteiger charge is -2.28. The molecule has 3 aliphatic rings. The van der Waals surface area contributed by atoms with Crippen LogP contribution in [0.3, 0.4) is 0 Å². The molecule has 0 spiro atoms. The smallest absolute Gasteiger partial charge is 0.253 e. The van der Waals surface area contributed by atoms with Gasteiger partial charge in [0.05, 0.1) is 29.1 Å². The molecule has 2 atom stereocenters. The lowest BCUT2D eigenvalue weighted by atomic mass is 10.0. The first-order chi connectivity index (χ1) is 18.1. The fourth-order valence-electron chi connectivity index (χ4n) is 6.03. The fraction of sp³-hybridized carbons (Fsp3) is 0.464. The lowest BCUT2D eigenvalue weighted by molar-refractivity contribution is 0.122. The molecule has 3 aliphatic heterocycles. The zero-order valence-electron chi connectivity index (χ0n) is 21.5. The summed E-state index contributed by atoms with van der Waals surface area (Å²) in [5, 5.41) is 8.43. The molecule has 1 N–H and O–H groups in total. The Morgan fingerprint density at radius 3 is 2.65 bits per heavy atom. The van der Waals surface area contributed by atoms with Crippen LogP contribution in [-0.2, 0) is 11.3 Å².